The zero-order chi connectivity index (χ0) is 10.2. The third-order valence-corrected chi connectivity index (χ3v) is 2.22. The summed E-state index contributed by atoms with van der Waals surface area (Å²) in [5.41, 5.74) is 0. The summed E-state index contributed by atoms with van der Waals surface area (Å²) in [5.74, 6) is 0. The van der Waals surface area contributed by atoms with Gasteiger partial charge in [-0.15, -0.1) is 0 Å². The van der Waals surface area contributed by atoms with E-state index < -0.39 is 6.16 Å². The molecule has 0 bridgehead atoms. The van der Waals surface area contributed by atoms with Crippen LogP contribution in [0.2, 0.25) is 0 Å². The van der Waals surface area contributed by atoms with Crippen molar-refractivity contribution in [2.45, 2.75) is 45.1 Å². The lowest BCUT2D eigenvalue weighted by Crippen LogP contribution is -2.17. The van der Waals surface area contributed by atoms with Gasteiger partial charge in [0.25, 0.3) is 0 Å². The van der Waals surface area contributed by atoms with Crippen molar-refractivity contribution in [3.05, 3.63) is 12.2 Å². The van der Waals surface area contributed by atoms with Crippen LogP contribution in [-0.2, 0) is 9.47 Å². The van der Waals surface area contributed by atoms with Crippen molar-refractivity contribution >= 4 is 6.16 Å². The van der Waals surface area contributed by atoms with Crippen LogP contribution >= 0.6 is 0 Å². The maximum absolute atomic E-state index is 11.0. The molecule has 0 N–H and O–H groups in total. The first kappa shape index (κ1) is 11.1. The molecule has 1 atom stereocenters. The van der Waals surface area contributed by atoms with Crippen molar-refractivity contribution in [2.75, 3.05) is 6.61 Å². The molecule has 3 heteroatoms. The van der Waals surface area contributed by atoms with E-state index in [0.29, 0.717) is 6.61 Å². The van der Waals surface area contributed by atoms with Gasteiger partial charge in [-0.05, 0) is 38.7 Å². The molecule has 80 valence electrons. The van der Waals surface area contributed by atoms with Crippen molar-refractivity contribution < 1.29 is 14.3 Å². The van der Waals surface area contributed by atoms with Crippen molar-refractivity contribution in [3.8, 4) is 0 Å². The molecular formula is C11H18O3. The van der Waals surface area contributed by atoms with Crippen molar-refractivity contribution in [1.29, 1.82) is 0 Å². The van der Waals surface area contributed by atoms with Gasteiger partial charge in [0.1, 0.15) is 6.10 Å². The van der Waals surface area contributed by atoms with E-state index in [2.05, 4.69) is 6.08 Å². The molecule has 0 saturated heterocycles. The van der Waals surface area contributed by atoms with Crippen molar-refractivity contribution in [1.82, 2.24) is 0 Å². The Balaban J connectivity index is 2.33. The largest absolute Gasteiger partial charge is 0.508 e. The second-order valence-corrected chi connectivity index (χ2v) is 3.41. The number of carbonyl (C=O) groups is 1. The molecule has 0 heterocycles. The van der Waals surface area contributed by atoms with Gasteiger partial charge >= 0.3 is 6.16 Å². The Bertz CT molecular complexity index is 199. The zero-order valence-electron chi connectivity index (χ0n) is 8.70. The standard InChI is InChI=1S/C11H18O3/c1-2-13-11(12)14-10-8-6-4-3-5-7-9-10/h6,8,10H,2-5,7,9H2,1H3/b8-6-. The van der Waals surface area contributed by atoms with Crippen LogP contribution in [0.25, 0.3) is 0 Å². The molecule has 0 radical (unpaired) electrons. The van der Waals surface area contributed by atoms with E-state index in [1.807, 2.05) is 6.08 Å². The lowest BCUT2D eigenvalue weighted by atomic mass is 10.0. The Morgan fingerprint density at radius 3 is 3.07 bits per heavy atom. The van der Waals surface area contributed by atoms with E-state index >= 15 is 0 Å². The Hall–Kier alpha value is -0.990. The molecule has 0 fully saturated rings. The molecule has 3 nitrogen and oxygen atoms in total. The Kier molecular flexibility index (Phi) is 5.12. The van der Waals surface area contributed by atoms with E-state index in [-0.39, 0.29) is 6.10 Å². The Morgan fingerprint density at radius 2 is 2.29 bits per heavy atom. The lowest BCUT2D eigenvalue weighted by molar-refractivity contribution is 0.0372. The third kappa shape index (κ3) is 4.30. The predicted molar refractivity (Wildman–Crippen MR) is 54.1 cm³/mol. The second-order valence-electron chi connectivity index (χ2n) is 3.41. The minimum Gasteiger partial charge on any atom is -0.435 e. The number of carbonyl (C=O) groups excluding carboxylic acids is 1. The summed E-state index contributed by atoms with van der Waals surface area (Å²) in [6, 6.07) is 0. The van der Waals surface area contributed by atoms with Crippen LogP contribution < -0.4 is 0 Å². The Morgan fingerprint density at radius 1 is 1.43 bits per heavy atom. The fourth-order valence-electron chi connectivity index (χ4n) is 1.50. The van der Waals surface area contributed by atoms with Gasteiger partial charge in [0.2, 0.25) is 0 Å². The van der Waals surface area contributed by atoms with Gasteiger partial charge in [-0.3, -0.25) is 0 Å². The maximum Gasteiger partial charge on any atom is 0.508 e. The summed E-state index contributed by atoms with van der Waals surface area (Å²) in [5, 5.41) is 0. The molecule has 0 saturated carbocycles. The number of allylic oxidation sites excluding steroid dienone is 1. The molecule has 1 aliphatic carbocycles. The van der Waals surface area contributed by atoms with Gasteiger partial charge in [-0.1, -0.05) is 12.5 Å². The fraction of sp³-hybridized carbons (Fsp3) is 0.727. The molecule has 0 aromatic rings. The SMILES string of the molecule is CCOC(=O)OC1/C=C\CCCCC1. The molecule has 0 aromatic carbocycles. The molecule has 1 unspecified atom stereocenters. The monoisotopic (exact) mass is 198 g/mol. The lowest BCUT2D eigenvalue weighted by Gasteiger charge is -2.15. The predicted octanol–water partition coefficient (Wildman–Crippen LogP) is 3.05. The highest BCUT2D eigenvalue weighted by molar-refractivity contribution is 5.60. The molecule has 14 heavy (non-hydrogen) atoms. The minimum atomic E-state index is -0.553. The van der Waals surface area contributed by atoms with E-state index in [9.17, 15) is 4.79 Å². The second kappa shape index (κ2) is 6.46. The van der Waals surface area contributed by atoms with Gasteiger partial charge in [-0.2, -0.15) is 0 Å². The first-order valence-corrected chi connectivity index (χ1v) is 5.33. The van der Waals surface area contributed by atoms with Crippen molar-refractivity contribution in [3.63, 3.8) is 0 Å². The molecule has 1 aliphatic rings. The number of ether oxygens (including phenoxy) is 2. The zero-order valence-corrected chi connectivity index (χ0v) is 8.70. The van der Waals surface area contributed by atoms with E-state index in [0.717, 1.165) is 19.3 Å². The summed E-state index contributed by atoms with van der Waals surface area (Å²) in [6.07, 6.45) is 8.98. The van der Waals surface area contributed by atoms with Crippen molar-refractivity contribution in [2.24, 2.45) is 0 Å². The van der Waals surface area contributed by atoms with E-state index in [1.165, 1.54) is 12.8 Å². The topological polar surface area (TPSA) is 35.5 Å². The summed E-state index contributed by atoms with van der Waals surface area (Å²) in [7, 11) is 0. The summed E-state index contributed by atoms with van der Waals surface area (Å²) in [4.78, 5) is 11.0. The molecule has 0 spiro atoms. The highest BCUT2D eigenvalue weighted by Gasteiger charge is 2.12. The third-order valence-electron chi connectivity index (χ3n) is 2.22. The van der Waals surface area contributed by atoms with Crippen LogP contribution in [0.15, 0.2) is 12.2 Å². The van der Waals surface area contributed by atoms with Gasteiger partial charge in [0.05, 0.1) is 6.61 Å². The number of hydrogen-bond acceptors (Lipinski definition) is 3. The molecule has 0 aliphatic heterocycles. The fourth-order valence-corrected chi connectivity index (χ4v) is 1.50. The average Bonchev–Trinajstić information content (AvgIpc) is 2.10. The first-order chi connectivity index (χ1) is 6.83. The number of rotatable bonds is 2. The minimum absolute atomic E-state index is 0.0886. The van der Waals surface area contributed by atoms with Crippen LogP contribution in [0.3, 0.4) is 0 Å². The first-order valence-electron chi connectivity index (χ1n) is 5.33. The molecule has 1 rings (SSSR count). The highest BCUT2D eigenvalue weighted by atomic mass is 16.7. The molecule has 0 amide bonds. The quantitative estimate of drug-likeness (QED) is 0.505. The van der Waals surface area contributed by atoms with Crippen LogP contribution in [-0.4, -0.2) is 18.9 Å². The number of hydrogen-bond donors (Lipinski definition) is 0. The van der Waals surface area contributed by atoms with Crippen LogP contribution in [0, 0.1) is 0 Å². The van der Waals surface area contributed by atoms with Crippen LogP contribution in [0.5, 0.6) is 0 Å². The van der Waals surface area contributed by atoms with Gasteiger partial charge in [0, 0.05) is 0 Å². The van der Waals surface area contributed by atoms with E-state index in [4.69, 9.17) is 9.47 Å². The summed E-state index contributed by atoms with van der Waals surface area (Å²) < 4.78 is 9.84. The van der Waals surface area contributed by atoms with Gasteiger partial charge in [-0.25, -0.2) is 4.79 Å². The van der Waals surface area contributed by atoms with Crippen LogP contribution in [0.1, 0.15) is 39.0 Å². The Labute approximate surface area is 85.1 Å². The highest BCUT2D eigenvalue weighted by Crippen LogP contribution is 2.14. The maximum atomic E-state index is 11.0. The summed E-state index contributed by atoms with van der Waals surface area (Å²) in [6.45, 7) is 2.14. The summed E-state index contributed by atoms with van der Waals surface area (Å²) >= 11 is 0. The molecular weight excluding hydrogens is 180 g/mol. The molecule has 0 aromatic heterocycles. The smallest absolute Gasteiger partial charge is 0.435 e. The average molecular weight is 198 g/mol. The van der Waals surface area contributed by atoms with Gasteiger partial charge in [0.15, 0.2) is 0 Å². The van der Waals surface area contributed by atoms with E-state index in [1.54, 1.807) is 6.92 Å². The van der Waals surface area contributed by atoms with Gasteiger partial charge < -0.3 is 9.47 Å². The normalized spacial score (nSPS) is 24.5. The van der Waals surface area contributed by atoms with Crippen LogP contribution in [0.4, 0.5) is 4.79 Å².